The molecular formula is C13H22ClN3. The van der Waals surface area contributed by atoms with Gasteiger partial charge >= 0.3 is 0 Å². The number of nitrogens with one attached hydrogen (secondary N) is 1. The van der Waals surface area contributed by atoms with Crippen LogP contribution in [-0.4, -0.2) is 22.2 Å². The lowest BCUT2D eigenvalue weighted by Crippen LogP contribution is -2.22. The predicted octanol–water partition coefficient (Wildman–Crippen LogP) is 2.96. The van der Waals surface area contributed by atoms with Crippen LogP contribution in [0.2, 0.25) is 0 Å². The maximum atomic E-state index is 5.76. The van der Waals surface area contributed by atoms with E-state index in [1.54, 1.807) is 0 Å². The van der Waals surface area contributed by atoms with E-state index >= 15 is 0 Å². The molecule has 0 saturated heterocycles. The molecule has 0 aromatic carbocycles. The van der Waals surface area contributed by atoms with Crippen LogP contribution in [0.1, 0.15) is 44.3 Å². The van der Waals surface area contributed by atoms with Gasteiger partial charge in [0.15, 0.2) is 0 Å². The number of aromatic nitrogens is 2. The first kappa shape index (κ1) is 12.9. The Morgan fingerprint density at radius 3 is 3.00 bits per heavy atom. The molecule has 0 aliphatic heterocycles. The minimum absolute atomic E-state index is 0.522. The zero-order chi connectivity index (χ0) is 12.1. The number of nitrogens with zero attached hydrogens (tertiary/aromatic N) is 2. The van der Waals surface area contributed by atoms with Crippen LogP contribution in [0.25, 0.3) is 0 Å². The van der Waals surface area contributed by atoms with E-state index in [-0.39, 0.29) is 0 Å². The van der Waals surface area contributed by atoms with E-state index in [0.717, 1.165) is 18.8 Å². The van der Waals surface area contributed by atoms with Gasteiger partial charge in [0.2, 0.25) is 0 Å². The van der Waals surface area contributed by atoms with E-state index in [2.05, 4.69) is 34.3 Å². The second kappa shape index (κ2) is 6.41. The molecule has 1 fully saturated rings. The van der Waals surface area contributed by atoms with Crippen LogP contribution in [-0.2, 0) is 6.54 Å². The summed E-state index contributed by atoms with van der Waals surface area (Å²) in [5, 5.41) is 8.03. The van der Waals surface area contributed by atoms with Gasteiger partial charge in [-0.15, -0.1) is 11.6 Å². The van der Waals surface area contributed by atoms with E-state index in [9.17, 15) is 0 Å². The minimum Gasteiger partial charge on any atom is -0.311 e. The second-order valence-corrected chi connectivity index (χ2v) is 5.42. The molecule has 1 unspecified atom stereocenters. The lowest BCUT2D eigenvalue weighted by Gasteiger charge is -2.09. The van der Waals surface area contributed by atoms with Crippen molar-refractivity contribution in [2.75, 3.05) is 12.4 Å². The predicted molar refractivity (Wildman–Crippen MR) is 71.3 cm³/mol. The van der Waals surface area contributed by atoms with E-state index in [0.29, 0.717) is 17.8 Å². The lowest BCUT2D eigenvalue weighted by molar-refractivity contribution is 0.459. The van der Waals surface area contributed by atoms with Crippen LogP contribution in [0.3, 0.4) is 0 Å². The molecule has 0 radical (unpaired) electrons. The monoisotopic (exact) mass is 255 g/mol. The Bertz CT molecular complexity index is 331. The van der Waals surface area contributed by atoms with Crippen LogP contribution < -0.4 is 5.32 Å². The minimum atomic E-state index is 0.522. The highest BCUT2D eigenvalue weighted by atomic mass is 35.5. The van der Waals surface area contributed by atoms with Gasteiger partial charge in [0.05, 0.1) is 11.7 Å². The largest absolute Gasteiger partial charge is 0.311 e. The maximum absolute atomic E-state index is 5.76. The van der Waals surface area contributed by atoms with Crippen LogP contribution in [0.4, 0.5) is 0 Å². The zero-order valence-corrected chi connectivity index (χ0v) is 11.3. The summed E-state index contributed by atoms with van der Waals surface area (Å²) in [6.07, 6.45) is 7.41. The average molecular weight is 256 g/mol. The van der Waals surface area contributed by atoms with Gasteiger partial charge < -0.3 is 5.32 Å². The second-order valence-electron chi connectivity index (χ2n) is 5.12. The molecule has 2 rings (SSSR count). The fourth-order valence-electron chi connectivity index (χ4n) is 2.35. The van der Waals surface area contributed by atoms with Gasteiger partial charge in [-0.25, -0.2) is 0 Å². The molecule has 1 aromatic heterocycles. The van der Waals surface area contributed by atoms with Crippen molar-refractivity contribution in [3.63, 3.8) is 0 Å². The van der Waals surface area contributed by atoms with Gasteiger partial charge in [-0.05, 0) is 31.4 Å². The number of hydrogen-bond acceptors (Lipinski definition) is 2. The quantitative estimate of drug-likeness (QED) is 0.792. The SMILES string of the molecule is CC(CCl)CNCc1ccn(C2CCCC2)n1. The van der Waals surface area contributed by atoms with Crippen LogP contribution in [0, 0.1) is 5.92 Å². The standard InChI is InChI=1S/C13H22ClN3/c1-11(8-14)9-15-10-12-6-7-17(16-12)13-4-2-3-5-13/h6-7,11,13,15H,2-5,8-10H2,1H3. The van der Waals surface area contributed by atoms with Crippen LogP contribution in [0.15, 0.2) is 12.3 Å². The van der Waals surface area contributed by atoms with Crippen LogP contribution >= 0.6 is 11.6 Å². The van der Waals surface area contributed by atoms with Gasteiger partial charge in [0.1, 0.15) is 0 Å². The molecule has 3 nitrogen and oxygen atoms in total. The van der Waals surface area contributed by atoms with E-state index in [1.807, 2.05) is 0 Å². The third-order valence-electron chi connectivity index (χ3n) is 3.42. The molecule has 0 spiro atoms. The normalized spacial score (nSPS) is 18.7. The molecule has 1 N–H and O–H groups in total. The number of halogens is 1. The number of rotatable bonds is 6. The Kier molecular flexibility index (Phi) is 4.86. The summed E-state index contributed by atoms with van der Waals surface area (Å²) >= 11 is 5.76. The lowest BCUT2D eigenvalue weighted by atomic mass is 10.2. The van der Waals surface area contributed by atoms with Crippen molar-refractivity contribution in [2.24, 2.45) is 5.92 Å². The van der Waals surface area contributed by atoms with E-state index < -0.39 is 0 Å². The Balaban J connectivity index is 1.77. The first-order valence-electron chi connectivity index (χ1n) is 6.60. The fourth-order valence-corrected chi connectivity index (χ4v) is 2.45. The Morgan fingerprint density at radius 1 is 1.53 bits per heavy atom. The van der Waals surface area contributed by atoms with Gasteiger partial charge in [-0.1, -0.05) is 19.8 Å². The molecule has 0 amide bonds. The van der Waals surface area contributed by atoms with E-state index in [4.69, 9.17) is 11.6 Å². The molecule has 1 saturated carbocycles. The Labute approximate surface area is 109 Å². The van der Waals surface area contributed by atoms with E-state index in [1.165, 1.54) is 25.7 Å². The Morgan fingerprint density at radius 2 is 2.29 bits per heavy atom. The van der Waals surface area contributed by atoms with Crippen LogP contribution in [0.5, 0.6) is 0 Å². The maximum Gasteiger partial charge on any atom is 0.0762 e. The van der Waals surface area contributed by atoms with Gasteiger partial charge in [-0.2, -0.15) is 5.10 Å². The average Bonchev–Trinajstić information content (AvgIpc) is 2.98. The summed E-state index contributed by atoms with van der Waals surface area (Å²) in [4.78, 5) is 0. The van der Waals surface area contributed by atoms with Crippen molar-refractivity contribution in [1.82, 2.24) is 15.1 Å². The molecule has 1 heterocycles. The van der Waals surface area contributed by atoms with Gasteiger partial charge in [0, 0.05) is 18.6 Å². The van der Waals surface area contributed by atoms with Gasteiger partial charge in [-0.3, -0.25) is 4.68 Å². The summed E-state index contributed by atoms with van der Waals surface area (Å²) in [5.74, 6) is 1.23. The highest BCUT2D eigenvalue weighted by Gasteiger charge is 2.17. The molecule has 1 aliphatic rings. The Hall–Kier alpha value is -0.540. The molecule has 4 heteroatoms. The third-order valence-corrected chi connectivity index (χ3v) is 3.95. The first-order valence-corrected chi connectivity index (χ1v) is 7.13. The molecule has 17 heavy (non-hydrogen) atoms. The van der Waals surface area contributed by atoms with Crippen molar-refractivity contribution in [2.45, 2.75) is 45.2 Å². The third kappa shape index (κ3) is 3.71. The van der Waals surface area contributed by atoms with Gasteiger partial charge in [0.25, 0.3) is 0 Å². The molecule has 0 bridgehead atoms. The zero-order valence-electron chi connectivity index (χ0n) is 10.5. The summed E-state index contributed by atoms with van der Waals surface area (Å²) in [7, 11) is 0. The number of alkyl halides is 1. The number of hydrogen-bond donors (Lipinski definition) is 1. The summed E-state index contributed by atoms with van der Waals surface area (Å²) in [6.45, 7) is 3.96. The molecule has 1 aliphatic carbocycles. The molecule has 1 atom stereocenters. The smallest absolute Gasteiger partial charge is 0.0762 e. The summed E-state index contributed by atoms with van der Waals surface area (Å²) in [6, 6.07) is 2.77. The fraction of sp³-hybridized carbons (Fsp3) is 0.769. The van der Waals surface area contributed by atoms with Crippen molar-refractivity contribution in [1.29, 1.82) is 0 Å². The van der Waals surface area contributed by atoms with Crippen molar-refractivity contribution >= 4 is 11.6 Å². The molecule has 96 valence electrons. The molecule has 1 aromatic rings. The summed E-state index contributed by atoms with van der Waals surface area (Å²) in [5.41, 5.74) is 1.14. The summed E-state index contributed by atoms with van der Waals surface area (Å²) < 4.78 is 2.15. The topological polar surface area (TPSA) is 29.9 Å². The van der Waals surface area contributed by atoms with Crippen molar-refractivity contribution in [3.05, 3.63) is 18.0 Å². The molecular weight excluding hydrogens is 234 g/mol. The first-order chi connectivity index (χ1) is 8.29. The van der Waals surface area contributed by atoms with Crippen molar-refractivity contribution < 1.29 is 0 Å². The highest BCUT2D eigenvalue weighted by Crippen LogP contribution is 2.28. The van der Waals surface area contributed by atoms with Crippen molar-refractivity contribution in [3.8, 4) is 0 Å². The highest BCUT2D eigenvalue weighted by molar-refractivity contribution is 6.18.